The normalized spacial score (nSPS) is 14.6. The van der Waals surface area contributed by atoms with Crippen LogP contribution in [0.4, 0.5) is 0 Å². The predicted octanol–water partition coefficient (Wildman–Crippen LogP) is 2.29. The molecule has 0 unspecified atom stereocenters. The van der Waals surface area contributed by atoms with Gasteiger partial charge in [-0.25, -0.2) is 4.99 Å². The van der Waals surface area contributed by atoms with Crippen LogP contribution in [-0.2, 0) is 0 Å². The van der Waals surface area contributed by atoms with Crippen LogP contribution in [0.25, 0.3) is 0 Å². The number of thiophene rings is 1. The molecule has 1 aliphatic rings. The van der Waals surface area contributed by atoms with E-state index in [2.05, 4.69) is 23.0 Å². The van der Waals surface area contributed by atoms with E-state index in [-0.39, 0.29) is 0 Å². The molecule has 0 radical (unpaired) electrons. The van der Waals surface area contributed by atoms with Crippen LogP contribution in [0, 0.1) is 6.92 Å². The number of aliphatic imine (C=N–C) groups is 2. The first-order valence-electron chi connectivity index (χ1n) is 4.60. The molecule has 1 aliphatic heterocycles. The van der Waals surface area contributed by atoms with E-state index in [0.717, 1.165) is 16.3 Å². The highest BCUT2D eigenvalue weighted by Crippen LogP contribution is 2.30. The van der Waals surface area contributed by atoms with Crippen LogP contribution in [0.15, 0.2) is 16.1 Å². The van der Waals surface area contributed by atoms with Crippen LogP contribution in [-0.4, -0.2) is 25.2 Å². The van der Waals surface area contributed by atoms with Gasteiger partial charge in [-0.2, -0.15) is 0 Å². The SMILES string of the molecule is CCOc1cc(C)sc1C1=NC=NC1. The van der Waals surface area contributed by atoms with Gasteiger partial charge in [0.05, 0.1) is 23.7 Å². The van der Waals surface area contributed by atoms with Crippen molar-refractivity contribution in [3.8, 4) is 5.75 Å². The summed E-state index contributed by atoms with van der Waals surface area (Å²) in [6.07, 6.45) is 1.61. The average Bonchev–Trinajstić information content (AvgIpc) is 2.74. The van der Waals surface area contributed by atoms with Crippen molar-refractivity contribution in [2.45, 2.75) is 13.8 Å². The van der Waals surface area contributed by atoms with Crippen molar-refractivity contribution >= 4 is 23.4 Å². The fourth-order valence-corrected chi connectivity index (χ4v) is 2.31. The third-order valence-electron chi connectivity index (χ3n) is 1.92. The fourth-order valence-electron chi connectivity index (χ4n) is 1.36. The van der Waals surface area contributed by atoms with Crippen LogP contribution in [0.3, 0.4) is 0 Å². The molecule has 0 spiro atoms. The van der Waals surface area contributed by atoms with Crippen molar-refractivity contribution in [3.05, 3.63) is 15.8 Å². The molecule has 0 aromatic carbocycles. The van der Waals surface area contributed by atoms with Crippen molar-refractivity contribution in [1.82, 2.24) is 0 Å². The highest BCUT2D eigenvalue weighted by atomic mass is 32.1. The summed E-state index contributed by atoms with van der Waals surface area (Å²) >= 11 is 1.72. The van der Waals surface area contributed by atoms with Gasteiger partial charge in [-0.3, -0.25) is 4.99 Å². The fraction of sp³-hybridized carbons (Fsp3) is 0.400. The van der Waals surface area contributed by atoms with E-state index in [1.807, 2.05) is 6.92 Å². The van der Waals surface area contributed by atoms with Gasteiger partial charge in [0.1, 0.15) is 12.1 Å². The van der Waals surface area contributed by atoms with Gasteiger partial charge in [0.15, 0.2) is 0 Å². The molecule has 0 aliphatic carbocycles. The second-order valence-electron chi connectivity index (χ2n) is 3.02. The summed E-state index contributed by atoms with van der Waals surface area (Å²) in [5.41, 5.74) is 1.02. The summed E-state index contributed by atoms with van der Waals surface area (Å²) in [5, 5.41) is 0. The van der Waals surface area contributed by atoms with E-state index >= 15 is 0 Å². The summed E-state index contributed by atoms with van der Waals surface area (Å²) < 4.78 is 5.54. The first-order chi connectivity index (χ1) is 6.81. The zero-order valence-electron chi connectivity index (χ0n) is 8.28. The van der Waals surface area contributed by atoms with Gasteiger partial charge in [-0.05, 0) is 19.9 Å². The molecule has 0 saturated carbocycles. The standard InChI is InChI=1S/C10H12N2OS/c1-3-13-9-4-7(2)14-10(9)8-5-11-6-12-8/h4,6H,3,5H2,1-2H3. The van der Waals surface area contributed by atoms with Crippen molar-refractivity contribution in [2.75, 3.05) is 13.2 Å². The molecule has 14 heavy (non-hydrogen) atoms. The van der Waals surface area contributed by atoms with E-state index in [0.29, 0.717) is 13.2 Å². The highest BCUT2D eigenvalue weighted by Gasteiger charge is 2.15. The van der Waals surface area contributed by atoms with Gasteiger partial charge in [-0.1, -0.05) is 0 Å². The number of ether oxygens (including phenoxy) is 1. The van der Waals surface area contributed by atoms with Gasteiger partial charge >= 0.3 is 0 Å². The second-order valence-corrected chi connectivity index (χ2v) is 4.27. The minimum atomic E-state index is 0.681. The van der Waals surface area contributed by atoms with Gasteiger partial charge in [0.2, 0.25) is 0 Å². The van der Waals surface area contributed by atoms with Crippen LogP contribution in [0.5, 0.6) is 5.75 Å². The Morgan fingerprint density at radius 3 is 3.07 bits per heavy atom. The number of aryl methyl sites for hydroxylation is 1. The topological polar surface area (TPSA) is 34.0 Å². The van der Waals surface area contributed by atoms with E-state index < -0.39 is 0 Å². The summed E-state index contributed by atoms with van der Waals surface area (Å²) in [5.74, 6) is 0.944. The molecule has 0 bridgehead atoms. The molecule has 4 heteroatoms. The van der Waals surface area contributed by atoms with Gasteiger partial charge in [-0.15, -0.1) is 11.3 Å². The first kappa shape index (κ1) is 9.40. The number of hydrogen-bond donors (Lipinski definition) is 0. The van der Waals surface area contributed by atoms with Crippen molar-refractivity contribution in [3.63, 3.8) is 0 Å². The third-order valence-corrected chi connectivity index (χ3v) is 3.00. The van der Waals surface area contributed by atoms with Crippen LogP contribution in [0.2, 0.25) is 0 Å². The predicted molar refractivity (Wildman–Crippen MR) is 60.1 cm³/mol. The Bertz CT molecular complexity index is 393. The van der Waals surface area contributed by atoms with Crippen LogP contribution >= 0.6 is 11.3 Å². The van der Waals surface area contributed by atoms with Crippen molar-refractivity contribution < 1.29 is 4.74 Å². The molecule has 1 aromatic heterocycles. The van der Waals surface area contributed by atoms with E-state index in [9.17, 15) is 0 Å². The van der Waals surface area contributed by atoms with Gasteiger partial charge in [0, 0.05) is 4.88 Å². The second kappa shape index (κ2) is 3.92. The molecule has 2 rings (SSSR count). The minimum absolute atomic E-state index is 0.681. The van der Waals surface area contributed by atoms with Gasteiger partial charge < -0.3 is 4.74 Å². The zero-order chi connectivity index (χ0) is 9.97. The van der Waals surface area contributed by atoms with Crippen molar-refractivity contribution in [1.29, 1.82) is 0 Å². The molecular formula is C10H12N2OS. The molecular weight excluding hydrogens is 196 g/mol. The number of nitrogens with zero attached hydrogens (tertiary/aromatic N) is 2. The van der Waals surface area contributed by atoms with Crippen LogP contribution < -0.4 is 4.74 Å². The molecule has 0 N–H and O–H groups in total. The highest BCUT2D eigenvalue weighted by molar-refractivity contribution is 7.14. The summed E-state index contributed by atoms with van der Waals surface area (Å²) in [4.78, 5) is 10.7. The lowest BCUT2D eigenvalue weighted by atomic mass is 10.3. The lowest BCUT2D eigenvalue weighted by molar-refractivity contribution is 0.341. The molecule has 0 fully saturated rings. The Kier molecular flexibility index (Phi) is 2.63. The van der Waals surface area contributed by atoms with E-state index in [1.165, 1.54) is 4.88 Å². The largest absolute Gasteiger partial charge is 0.492 e. The summed E-state index contributed by atoms with van der Waals surface area (Å²) in [6, 6.07) is 2.06. The molecule has 0 saturated heterocycles. The quantitative estimate of drug-likeness (QED) is 0.750. The summed E-state index contributed by atoms with van der Waals surface area (Å²) in [6.45, 7) is 5.44. The Hall–Kier alpha value is -1.16. The van der Waals surface area contributed by atoms with E-state index in [4.69, 9.17) is 4.74 Å². The molecule has 1 aromatic rings. The van der Waals surface area contributed by atoms with Crippen LogP contribution in [0.1, 0.15) is 16.7 Å². The van der Waals surface area contributed by atoms with E-state index in [1.54, 1.807) is 17.7 Å². The maximum Gasteiger partial charge on any atom is 0.139 e. The Morgan fingerprint density at radius 1 is 1.57 bits per heavy atom. The minimum Gasteiger partial charge on any atom is -0.492 e. The maximum atomic E-state index is 5.54. The molecule has 2 heterocycles. The average molecular weight is 208 g/mol. The van der Waals surface area contributed by atoms with Crippen molar-refractivity contribution in [2.24, 2.45) is 9.98 Å². The molecule has 74 valence electrons. The Morgan fingerprint density at radius 2 is 2.43 bits per heavy atom. The monoisotopic (exact) mass is 208 g/mol. The third kappa shape index (κ3) is 1.70. The number of hydrogen-bond acceptors (Lipinski definition) is 4. The molecule has 0 amide bonds. The first-order valence-corrected chi connectivity index (χ1v) is 5.41. The maximum absolute atomic E-state index is 5.54. The smallest absolute Gasteiger partial charge is 0.139 e. The number of rotatable bonds is 3. The molecule has 3 nitrogen and oxygen atoms in total. The molecule has 0 atom stereocenters. The Balaban J connectivity index is 2.31. The summed E-state index contributed by atoms with van der Waals surface area (Å²) in [7, 11) is 0. The lowest BCUT2D eigenvalue weighted by Crippen LogP contribution is -2.02. The Labute approximate surface area is 87.2 Å². The lowest BCUT2D eigenvalue weighted by Gasteiger charge is -2.02. The van der Waals surface area contributed by atoms with Gasteiger partial charge in [0.25, 0.3) is 0 Å². The zero-order valence-corrected chi connectivity index (χ0v) is 9.10.